The van der Waals surface area contributed by atoms with E-state index in [1.165, 1.54) is 18.2 Å². The van der Waals surface area contributed by atoms with Crippen LogP contribution in [-0.2, 0) is 42.8 Å². The van der Waals surface area contributed by atoms with Crippen molar-refractivity contribution in [2.24, 2.45) is 5.73 Å². The van der Waals surface area contributed by atoms with Crippen LogP contribution in [0.15, 0.2) is 88.7 Å². The molecule has 0 aliphatic heterocycles. The van der Waals surface area contributed by atoms with Gasteiger partial charge in [0.25, 0.3) is 20.0 Å². The quantitative estimate of drug-likeness (QED) is 0.224. The zero-order valence-electron chi connectivity index (χ0n) is 30.4. The van der Waals surface area contributed by atoms with Crippen LogP contribution in [0.5, 0.6) is 0 Å². The van der Waals surface area contributed by atoms with Crippen molar-refractivity contribution in [3.8, 4) is 12.1 Å². The second kappa shape index (κ2) is 15.4. The van der Waals surface area contributed by atoms with Crippen LogP contribution in [0.25, 0.3) is 0 Å². The standard InChI is InChI=1S/C14H19N3O2S.C14H15N3O2S.C8H11N3/c2*1-14(2,3)13-9-11(10-15)17(16-13)20(18,19)12-7-5-4-6-8-12;1-8(2,3)7-4-6(5-9)10-11-7/h4-9H,10,15H2,1-3H3;4-9H,1-3H3;4H,1-3H3,(H,10,11). The molecule has 13 nitrogen and oxygen atoms in total. The first kappa shape index (κ1) is 40.3. The van der Waals surface area contributed by atoms with Gasteiger partial charge in [-0.1, -0.05) is 98.7 Å². The second-order valence-electron chi connectivity index (χ2n) is 14.6. The summed E-state index contributed by atoms with van der Waals surface area (Å²) in [5.74, 6) is 0. The molecule has 0 fully saturated rings. The molecule has 0 bridgehead atoms. The molecule has 2 aromatic carbocycles. The summed E-state index contributed by atoms with van der Waals surface area (Å²) in [4.78, 5) is 0.318. The van der Waals surface area contributed by atoms with Crippen molar-refractivity contribution in [2.45, 2.75) is 94.9 Å². The van der Waals surface area contributed by atoms with Crippen molar-refractivity contribution in [3.63, 3.8) is 0 Å². The maximum atomic E-state index is 12.6. The molecule has 270 valence electrons. The van der Waals surface area contributed by atoms with Gasteiger partial charge in [-0.2, -0.15) is 46.7 Å². The second-order valence-corrected chi connectivity index (χ2v) is 18.1. The topological polar surface area (TPSA) is 206 Å². The van der Waals surface area contributed by atoms with E-state index in [9.17, 15) is 16.8 Å². The highest BCUT2D eigenvalue weighted by Crippen LogP contribution is 2.25. The minimum absolute atomic E-state index is 0.0128. The largest absolute Gasteiger partial charge is 0.325 e. The molecule has 0 amide bonds. The first-order valence-electron chi connectivity index (χ1n) is 15.9. The van der Waals surface area contributed by atoms with Gasteiger partial charge in [0.1, 0.15) is 12.1 Å². The lowest BCUT2D eigenvalue weighted by Crippen LogP contribution is -2.20. The molecule has 15 heteroatoms. The lowest BCUT2D eigenvalue weighted by Gasteiger charge is -2.14. The van der Waals surface area contributed by atoms with Gasteiger partial charge >= 0.3 is 0 Å². The van der Waals surface area contributed by atoms with Gasteiger partial charge < -0.3 is 5.73 Å². The smallest absolute Gasteiger partial charge is 0.284 e. The van der Waals surface area contributed by atoms with Crippen LogP contribution in [0.1, 0.15) is 96.5 Å². The Hall–Kier alpha value is -5.09. The average Bonchev–Trinajstić information content (AvgIpc) is 3.84. The summed E-state index contributed by atoms with van der Waals surface area (Å²) in [7, 11) is -7.53. The number of hydrogen-bond donors (Lipinski definition) is 2. The van der Waals surface area contributed by atoms with Gasteiger partial charge in [0.05, 0.1) is 26.9 Å². The summed E-state index contributed by atoms with van der Waals surface area (Å²) in [5, 5.41) is 32.6. The van der Waals surface area contributed by atoms with Gasteiger partial charge in [-0.3, -0.25) is 5.10 Å². The summed E-state index contributed by atoms with van der Waals surface area (Å²) in [6.07, 6.45) is 0. The molecule has 0 saturated carbocycles. The summed E-state index contributed by atoms with van der Waals surface area (Å²) in [6, 6.07) is 25.1. The maximum Gasteiger partial charge on any atom is 0.284 e. The number of nitriles is 2. The fourth-order valence-electron chi connectivity index (χ4n) is 4.25. The Balaban J connectivity index is 0.000000216. The van der Waals surface area contributed by atoms with Crippen LogP contribution in [0.3, 0.4) is 0 Å². The number of aromatic nitrogens is 6. The fourth-order valence-corrected chi connectivity index (χ4v) is 6.83. The van der Waals surface area contributed by atoms with Gasteiger partial charge in [-0.25, -0.2) is 0 Å². The molecule has 5 rings (SSSR count). The van der Waals surface area contributed by atoms with Crippen molar-refractivity contribution in [2.75, 3.05) is 0 Å². The van der Waals surface area contributed by atoms with Crippen LogP contribution in [0.2, 0.25) is 0 Å². The van der Waals surface area contributed by atoms with Gasteiger partial charge in [-0.15, -0.1) is 4.09 Å². The number of rotatable bonds is 5. The summed E-state index contributed by atoms with van der Waals surface area (Å²) in [5.41, 5.74) is 8.35. The molecular weight excluding hydrogens is 687 g/mol. The van der Waals surface area contributed by atoms with Crippen molar-refractivity contribution < 1.29 is 16.8 Å². The molecule has 51 heavy (non-hydrogen) atoms. The third-order valence-corrected chi connectivity index (χ3v) is 10.6. The SMILES string of the molecule is CC(C)(C)c1cc(C#N)n(S(=O)(=O)c2ccccc2)n1.CC(C)(C)c1cc(C#N)n[nH]1.CC(C)(C)c1cc(CN)n(S(=O)(=O)c2ccccc2)n1. The van der Waals surface area contributed by atoms with Crippen LogP contribution < -0.4 is 5.73 Å². The van der Waals surface area contributed by atoms with Gasteiger partial charge in [0, 0.05) is 28.5 Å². The summed E-state index contributed by atoms with van der Waals surface area (Å²) >= 11 is 0. The molecule has 3 aromatic heterocycles. The summed E-state index contributed by atoms with van der Waals surface area (Å²) in [6.45, 7) is 18.0. The lowest BCUT2D eigenvalue weighted by molar-refractivity contribution is 0.550. The number of nitrogens with zero attached hydrogens (tertiary/aromatic N) is 7. The van der Waals surface area contributed by atoms with Crippen molar-refractivity contribution in [1.82, 2.24) is 28.6 Å². The van der Waals surface area contributed by atoms with Crippen LogP contribution in [0.4, 0.5) is 0 Å². The monoisotopic (exact) mass is 731 g/mol. The maximum absolute atomic E-state index is 12.6. The van der Waals surface area contributed by atoms with E-state index >= 15 is 0 Å². The summed E-state index contributed by atoms with van der Waals surface area (Å²) < 4.78 is 52.1. The Morgan fingerprint density at radius 2 is 1.12 bits per heavy atom. The fraction of sp³-hybridized carbons (Fsp3) is 0.361. The molecule has 0 aliphatic rings. The third kappa shape index (κ3) is 9.79. The lowest BCUT2D eigenvalue weighted by atomic mass is 9.92. The Bertz CT molecular complexity index is 2240. The first-order valence-corrected chi connectivity index (χ1v) is 18.8. The average molecular weight is 732 g/mol. The molecule has 0 spiro atoms. The highest BCUT2D eigenvalue weighted by Gasteiger charge is 2.27. The predicted octanol–water partition coefficient (Wildman–Crippen LogP) is 5.74. The van der Waals surface area contributed by atoms with E-state index in [0.717, 1.165) is 13.9 Å². The Kier molecular flexibility index (Phi) is 12.2. The van der Waals surface area contributed by atoms with E-state index < -0.39 is 20.0 Å². The van der Waals surface area contributed by atoms with E-state index in [1.54, 1.807) is 60.7 Å². The molecule has 3 N–H and O–H groups in total. The van der Waals surface area contributed by atoms with Gasteiger partial charge in [0.15, 0.2) is 11.4 Å². The molecule has 3 heterocycles. The highest BCUT2D eigenvalue weighted by atomic mass is 32.2. The van der Waals surface area contributed by atoms with Crippen LogP contribution in [0, 0.1) is 22.7 Å². The van der Waals surface area contributed by atoms with Crippen molar-refractivity contribution in [3.05, 3.63) is 113 Å². The van der Waals surface area contributed by atoms with Gasteiger partial charge in [0.2, 0.25) is 0 Å². The Labute approximate surface area is 300 Å². The molecular formula is C36H45N9O4S2. The van der Waals surface area contributed by atoms with Crippen LogP contribution in [-0.4, -0.2) is 45.4 Å². The molecule has 0 unspecified atom stereocenters. The first-order chi connectivity index (χ1) is 23.6. The van der Waals surface area contributed by atoms with E-state index in [2.05, 4.69) is 41.2 Å². The number of H-pyrrole nitrogens is 1. The van der Waals surface area contributed by atoms with Crippen molar-refractivity contribution >= 4 is 20.0 Å². The van der Waals surface area contributed by atoms with Gasteiger partial charge in [-0.05, 0) is 42.5 Å². The molecule has 0 atom stereocenters. The zero-order chi connectivity index (χ0) is 38.4. The molecule has 5 aromatic rings. The number of aromatic amines is 1. The number of hydrogen-bond acceptors (Lipinski definition) is 10. The minimum atomic E-state index is -3.84. The molecule has 0 radical (unpaired) electrons. The van der Waals surface area contributed by atoms with E-state index in [1.807, 2.05) is 53.7 Å². The Morgan fingerprint density at radius 1 is 0.667 bits per heavy atom. The minimum Gasteiger partial charge on any atom is -0.325 e. The Morgan fingerprint density at radius 3 is 1.49 bits per heavy atom. The van der Waals surface area contributed by atoms with E-state index in [-0.39, 0.29) is 38.3 Å². The van der Waals surface area contributed by atoms with Crippen LogP contribution >= 0.6 is 0 Å². The zero-order valence-corrected chi connectivity index (χ0v) is 32.0. The normalized spacial score (nSPS) is 12.1. The number of nitrogens with two attached hydrogens (primary N) is 1. The van der Waals surface area contributed by atoms with E-state index in [0.29, 0.717) is 22.8 Å². The van der Waals surface area contributed by atoms with Crippen molar-refractivity contribution in [1.29, 1.82) is 10.5 Å². The molecule has 0 saturated heterocycles. The number of benzene rings is 2. The predicted molar refractivity (Wildman–Crippen MR) is 195 cm³/mol. The van der Waals surface area contributed by atoms with E-state index in [4.69, 9.17) is 16.3 Å². The number of nitrogens with one attached hydrogen (secondary N) is 1. The highest BCUT2D eigenvalue weighted by molar-refractivity contribution is 7.90. The molecule has 0 aliphatic carbocycles. The third-order valence-electron chi connectivity index (χ3n) is 7.32.